The van der Waals surface area contributed by atoms with Crippen LogP contribution in [0.5, 0.6) is 0 Å². The van der Waals surface area contributed by atoms with Crippen LogP contribution in [-0.4, -0.2) is 72.2 Å². The first kappa shape index (κ1) is 17.4. The van der Waals surface area contributed by atoms with E-state index in [0.717, 1.165) is 65.1 Å². The van der Waals surface area contributed by atoms with Crippen molar-refractivity contribution in [3.8, 4) is 0 Å². The maximum atomic E-state index is 12.6. The number of nitrogens with zero attached hydrogens (tertiary/aromatic N) is 4. The van der Waals surface area contributed by atoms with E-state index in [2.05, 4.69) is 39.6 Å². The average Bonchev–Trinajstić information content (AvgIpc) is 3.09. The van der Waals surface area contributed by atoms with Gasteiger partial charge in [-0.3, -0.25) is 4.79 Å². The molecule has 0 N–H and O–H groups in total. The fourth-order valence-electron chi connectivity index (χ4n) is 3.74. The molecule has 1 amide bonds. The summed E-state index contributed by atoms with van der Waals surface area (Å²) in [7, 11) is 4.19. The Balaban J connectivity index is 1.53. The lowest BCUT2D eigenvalue weighted by Crippen LogP contribution is -2.43. The van der Waals surface area contributed by atoms with Gasteiger partial charge in [0.2, 0.25) is 5.91 Å². The minimum absolute atomic E-state index is 0.178. The third kappa shape index (κ3) is 4.16. The first-order valence-corrected chi connectivity index (χ1v) is 9.17. The molecule has 3 rings (SSSR count). The van der Waals surface area contributed by atoms with Crippen LogP contribution in [0.2, 0.25) is 0 Å². The molecule has 0 saturated carbocycles. The van der Waals surface area contributed by atoms with Gasteiger partial charge < -0.3 is 19.1 Å². The number of piperidine rings is 1. The molecule has 134 valence electrons. The van der Waals surface area contributed by atoms with Gasteiger partial charge in [-0.25, -0.2) is 4.98 Å². The molecule has 1 aromatic heterocycles. The second-order valence-corrected chi connectivity index (χ2v) is 7.27. The molecule has 24 heavy (non-hydrogen) atoms. The Labute approximate surface area is 144 Å². The summed E-state index contributed by atoms with van der Waals surface area (Å²) < 4.78 is 7.65. The van der Waals surface area contributed by atoms with E-state index >= 15 is 0 Å². The number of hydrogen-bond acceptors (Lipinski definition) is 4. The molecule has 2 saturated heterocycles. The van der Waals surface area contributed by atoms with Crippen LogP contribution in [0.1, 0.15) is 37.4 Å². The zero-order chi connectivity index (χ0) is 16.9. The smallest absolute Gasteiger partial charge is 0.225 e. The van der Waals surface area contributed by atoms with Crippen LogP contribution in [0, 0.1) is 5.92 Å². The van der Waals surface area contributed by atoms with Gasteiger partial charge >= 0.3 is 0 Å². The van der Waals surface area contributed by atoms with Gasteiger partial charge in [-0.15, -0.1) is 0 Å². The molecule has 0 unspecified atom stereocenters. The number of rotatable bonds is 5. The van der Waals surface area contributed by atoms with Crippen molar-refractivity contribution in [2.45, 2.75) is 38.1 Å². The highest BCUT2D eigenvalue weighted by Gasteiger charge is 2.30. The lowest BCUT2D eigenvalue weighted by molar-refractivity contribution is -0.139. The Bertz CT molecular complexity index is 529. The highest BCUT2D eigenvalue weighted by atomic mass is 16.5. The lowest BCUT2D eigenvalue weighted by Gasteiger charge is -2.35. The summed E-state index contributed by atoms with van der Waals surface area (Å²) in [4.78, 5) is 21.5. The third-order valence-electron chi connectivity index (χ3n) is 5.28. The summed E-state index contributed by atoms with van der Waals surface area (Å²) in [6.45, 7) is 5.18. The molecular formula is C18H30N4O2. The SMILES string of the molecule is CN(C)CCn1ccnc1C1CCN(C(=O)C2CCOCC2)CC1. The first-order valence-electron chi connectivity index (χ1n) is 9.17. The molecule has 2 fully saturated rings. The third-order valence-corrected chi connectivity index (χ3v) is 5.28. The van der Waals surface area contributed by atoms with Crippen LogP contribution in [0.15, 0.2) is 12.4 Å². The molecule has 0 aromatic carbocycles. The number of aromatic nitrogens is 2. The quantitative estimate of drug-likeness (QED) is 0.820. The molecule has 6 heteroatoms. The highest BCUT2D eigenvalue weighted by molar-refractivity contribution is 5.79. The average molecular weight is 334 g/mol. The maximum Gasteiger partial charge on any atom is 0.225 e. The summed E-state index contributed by atoms with van der Waals surface area (Å²) >= 11 is 0. The largest absolute Gasteiger partial charge is 0.381 e. The van der Waals surface area contributed by atoms with Crippen molar-refractivity contribution in [3.63, 3.8) is 0 Å². The van der Waals surface area contributed by atoms with Crippen molar-refractivity contribution in [1.29, 1.82) is 0 Å². The van der Waals surface area contributed by atoms with Gasteiger partial charge in [0.15, 0.2) is 0 Å². The minimum atomic E-state index is 0.178. The van der Waals surface area contributed by atoms with E-state index < -0.39 is 0 Å². The predicted octanol–water partition coefficient (Wildman–Crippen LogP) is 1.58. The maximum absolute atomic E-state index is 12.6. The number of ether oxygens (including phenoxy) is 1. The molecule has 3 heterocycles. The van der Waals surface area contributed by atoms with Crippen molar-refractivity contribution in [2.24, 2.45) is 5.92 Å². The van der Waals surface area contributed by atoms with Gasteiger partial charge in [-0.2, -0.15) is 0 Å². The molecule has 0 aliphatic carbocycles. The molecule has 0 spiro atoms. The number of hydrogen-bond donors (Lipinski definition) is 0. The Kier molecular flexibility index (Phi) is 5.89. The molecular weight excluding hydrogens is 304 g/mol. The highest BCUT2D eigenvalue weighted by Crippen LogP contribution is 2.28. The Morgan fingerprint density at radius 2 is 1.96 bits per heavy atom. The molecule has 2 aliphatic heterocycles. The summed E-state index contributed by atoms with van der Waals surface area (Å²) in [6, 6.07) is 0. The molecule has 0 bridgehead atoms. The van der Waals surface area contributed by atoms with Gasteiger partial charge in [0.1, 0.15) is 5.82 Å². The van der Waals surface area contributed by atoms with Gasteiger partial charge in [-0.1, -0.05) is 0 Å². The number of likely N-dealkylation sites (N-methyl/N-ethyl adjacent to an activating group) is 1. The van der Waals surface area contributed by atoms with Crippen molar-refractivity contribution in [1.82, 2.24) is 19.4 Å². The van der Waals surface area contributed by atoms with Crippen molar-refractivity contribution < 1.29 is 9.53 Å². The molecule has 2 aliphatic rings. The van der Waals surface area contributed by atoms with Crippen LogP contribution in [-0.2, 0) is 16.1 Å². The zero-order valence-electron chi connectivity index (χ0n) is 15.0. The molecule has 6 nitrogen and oxygen atoms in total. The number of amides is 1. The van der Waals surface area contributed by atoms with Crippen LogP contribution < -0.4 is 0 Å². The second-order valence-electron chi connectivity index (χ2n) is 7.27. The molecule has 0 atom stereocenters. The predicted molar refractivity (Wildman–Crippen MR) is 92.9 cm³/mol. The van der Waals surface area contributed by atoms with Crippen LogP contribution in [0.4, 0.5) is 0 Å². The fraction of sp³-hybridized carbons (Fsp3) is 0.778. The van der Waals surface area contributed by atoms with E-state index in [-0.39, 0.29) is 5.92 Å². The van der Waals surface area contributed by atoms with E-state index in [1.807, 2.05) is 6.20 Å². The van der Waals surface area contributed by atoms with Gasteiger partial charge in [0.05, 0.1) is 0 Å². The van der Waals surface area contributed by atoms with Crippen LogP contribution in [0.3, 0.4) is 0 Å². The Hall–Kier alpha value is -1.40. The first-order chi connectivity index (χ1) is 11.6. The van der Waals surface area contributed by atoms with Gasteiger partial charge in [0.25, 0.3) is 0 Å². The van der Waals surface area contributed by atoms with E-state index in [1.54, 1.807) is 0 Å². The lowest BCUT2D eigenvalue weighted by atomic mass is 9.93. The second kappa shape index (κ2) is 8.12. The van der Waals surface area contributed by atoms with Crippen molar-refractivity contribution in [2.75, 3.05) is 46.9 Å². The molecule has 1 aromatic rings. The number of imidazole rings is 1. The van der Waals surface area contributed by atoms with E-state index in [0.29, 0.717) is 11.8 Å². The topological polar surface area (TPSA) is 50.6 Å². The van der Waals surface area contributed by atoms with E-state index in [1.165, 1.54) is 5.82 Å². The number of carbonyl (C=O) groups excluding carboxylic acids is 1. The van der Waals surface area contributed by atoms with Crippen LogP contribution in [0.25, 0.3) is 0 Å². The standard InChI is InChI=1S/C18H30N4O2/c1-20(2)11-12-21-10-7-19-17(21)15-3-8-22(9-4-15)18(23)16-5-13-24-14-6-16/h7,10,15-16H,3-6,8-9,11-14H2,1-2H3. The molecule has 0 radical (unpaired) electrons. The van der Waals surface area contributed by atoms with E-state index in [9.17, 15) is 4.79 Å². The zero-order valence-corrected chi connectivity index (χ0v) is 15.0. The summed E-state index contributed by atoms with van der Waals surface area (Å²) in [6.07, 6.45) is 7.80. The summed E-state index contributed by atoms with van der Waals surface area (Å²) in [5.74, 6) is 2.18. The van der Waals surface area contributed by atoms with E-state index in [4.69, 9.17) is 4.74 Å². The van der Waals surface area contributed by atoms with Crippen LogP contribution >= 0.6 is 0 Å². The monoisotopic (exact) mass is 334 g/mol. The van der Waals surface area contributed by atoms with Gasteiger partial charge in [0, 0.05) is 63.6 Å². The summed E-state index contributed by atoms with van der Waals surface area (Å²) in [5.41, 5.74) is 0. The minimum Gasteiger partial charge on any atom is -0.381 e. The normalized spacial score (nSPS) is 20.7. The van der Waals surface area contributed by atoms with Crippen molar-refractivity contribution >= 4 is 5.91 Å². The number of likely N-dealkylation sites (tertiary alicyclic amines) is 1. The number of carbonyl (C=O) groups is 1. The fourth-order valence-corrected chi connectivity index (χ4v) is 3.74. The van der Waals surface area contributed by atoms with Crippen molar-refractivity contribution in [3.05, 3.63) is 18.2 Å². The van der Waals surface area contributed by atoms with Gasteiger partial charge in [-0.05, 0) is 39.8 Å². The Morgan fingerprint density at radius 3 is 2.62 bits per heavy atom. The summed E-state index contributed by atoms with van der Waals surface area (Å²) in [5, 5.41) is 0. The Morgan fingerprint density at radius 1 is 1.25 bits per heavy atom.